The molecule has 0 saturated heterocycles. The Kier molecular flexibility index (Phi) is 2.58. The van der Waals surface area contributed by atoms with E-state index in [4.69, 9.17) is 5.73 Å². The second-order valence-corrected chi connectivity index (χ2v) is 5.39. The van der Waals surface area contributed by atoms with Gasteiger partial charge in [0, 0.05) is 5.92 Å². The summed E-state index contributed by atoms with van der Waals surface area (Å²) in [6, 6.07) is 0. The molecular weight excluding hydrogens is 200 g/mol. The van der Waals surface area contributed by atoms with Gasteiger partial charge in [-0.3, -0.25) is 5.10 Å². The van der Waals surface area contributed by atoms with Gasteiger partial charge >= 0.3 is 0 Å². The summed E-state index contributed by atoms with van der Waals surface area (Å²) in [5.74, 6) is 3.90. The Morgan fingerprint density at radius 3 is 2.62 bits per heavy atom. The van der Waals surface area contributed by atoms with E-state index in [1.54, 1.807) is 0 Å². The van der Waals surface area contributed by atoms with Gasteiger partial charge in [0.2, 0.25) is 5.95 Å². The number of nitrogens with two attached hydrogens (primary N) is 1. The molecule has 3 atom stereocenters. The van der Waals surface area contributed by atoms with Gasteiger partial charge in [0.25, 0.3) is 0 Å². The predicted molar refractivity (Wildman–Crippen MR) is 62.8 cm³/mol. The van der Waals surface area contributed by atoms with Crippen molar-refractivity contribution in [1.82, 2.24) is 15.2 Å². The van der Waals surface area contributed by atoms with E-state index in [2.05, 4.69) is 15.2 Å². The van der Waals surface area contributed by atoms with Crippen molar-refractivity contribution in [3.05, 3.63) is 5.82 Å². The molecule has 2 aliphatic rings. The molecule has 1 heterocycles. The topological polar surface area (TPSA) is 67.6 Å². The second kappa shape index (κ2) is 4.07. The first-order valence-corrected chi connectivity index (χ1v) is 6.50. The molecule has 16 heavy (non-hydrogen) atoms. The molecular formula is C12H20N4. The molecule has 4 heteroatoms. The molecule has 4 nitrogen and oxygen atoms in total. The standard InChI is InChI=1S/C12H20N4/c13-12-14-11(15-16-12)10-6-5-8-3-1-2-4-9(8)7-10/h8-10H,1-7H2,(H3,13,14,15,16). The van der Waals surface area contributed by atoms with Crippen LogP contribution < -0.4 is 5.73 Å². The monoisotopic (exact) mass is 220 g/mol. The number of anilines is 1. The van der Waals surface area contributed by atoms with Gasteiger partial charge in [0.15, 0.2) is 0 Å². The van der Waals surface area contributed by atoms with E-state index < -0.39 is 0 Å². The van der Waals surface area contributed by atoms with E-state index in [0.29, 0.717) is 11.9 Å². The maximum atomic E-state index is 5.56. The largest absolute Gasteiger partial charge is 0.367 e. The zero-order chi connectivity index (χ0) is 11.0. The Labute approximate surface area is 96.0 Å². The molecule has 0 bridgehead atoms. The van der Waals surface area contributed by atoms with Crippen LogP contribution in [-0.4, -0.2) is 15.2 Å². The number of aromatic nitrogens is 3. The Bertz CT molecular complexity index is 360. The van der Waals surface area contributed by atoms with Crippen molar-refractivity contribution in [2.75, 3.05) is 5.73 Å². The lowest BCUT2D eigenvalue weighted by Gasteiger charge is -2.38. The highest BCUT2D eigenvalue weighted by molar-refractivity contribution is 5.15. The third-order valence-electron chi connectivity index (χ3n) is 4.45. The van der Waals surface area contributed by atoms with E-state index in [-0.39, 0.29) is 0 Å². The predicted octanol–water partition coefficient (Wildman–Crippen LogP) is 2.46. The number of rotatable bonds is 1. The van der Waals surface area contributed by atoms with Gasteiger partial charge in [-0.1, -0.05) is 25.7 Å². The van der Waals surface area contributed by atoms with Gasteiger partial charge in [-0.2, -0.15) is 4.98 Å². The number of hydrogen-bond acceptors (Lipinski definition) is 3. The van der Waals surface area contributed by atoms with Gasteiger partial charge in [0.05, 0.1) is 0 Å². The highest BCUT2D eigenvalue weighted by atomic mass is 15.3. The SMILES string of the molecule is Nc1n[nH]c(C2CCC3CCCCC3C2)n1. The maximum Gasteiger partial charge on any atom is 0.239 e. The molecule has 2 aliphatic carbocycles. The third kappa shape index (κ3) is 1.81. The van der Waals surface area contributed by atoms with Crippen LogP contribution in [0.5, 0.6) is 0 Å². The third-order valence-corrected chi connectivity index (χ3v) is 4.45. The summed E-state index contributed by atoms with van der Waals surface area (Å²) in [6.07, 6.45) is 9.67. The fraction of sp³-hybridized carbons (Fsp3) is 0.833. The van der Waals surface area contributed by atoms with Crippen molar-refractivity contribution in [2.24, 2.45) is 11.8 Å². The molecule has 0 aliphatic heterocycles. The molecule has 88 valence electrons. The minimum Gasteiger partial charge on any atom is -0.367 e. The van der Waals surface area contributed by atoms with Crippen molar-refractivity contribution in [3.8, 4) is 0 Å². The summed E-state index contributed by atoms with van der Waals surface area (Å²) in [6.45, 7) is 0. The molecule has 0 aromatic carbocycles. The molecule has 0 radical (unpaired) electrons. The average Bonchev–Trinajstić information content (AvgIpc) is 2.75. The Hall–Kier alpha value is -1.06. The average molecular weight is 220 g/mol. The van der Waals surface area contributed by atoms with Crippen molar-refractivity contribution in [2.45, 2.75) is 50.9 Å². The number of fused-ring (bicyclic) bond motifs is 1. The summed E-state index contributed by atoms with van der Waals surface area (Å²) < 4.78 is 0. The Morgan fingerprint density at radius 2 is 1.88 bits per heavy atom. The van der Waals surface area contributed by atoms with Gasteiger partial charge in [0.1, 0.15) is 5.82 Å². The van der Waals surface area contributed by atoms with E-state index in [9.17, 15) is 0 Å². The summed E-state index contributed by atoms with van der Waals surface area (Å²) in [4.78, 5) is 4.28. The minimum atomic E-state index is 0.390. The van der Waals surface area contributed by atoms with Gasteiger partial charge in [-0.15, -0.1) is 5.10 Å². The zero-order valence-electron chi connectivity index (χ0n) is 9.65. The van der Waals surface area contributed by atoms with Crippen LogP contribution >= 0.6 is 0 Å². The second-order valence-electron chi connectivity index (χ2n) is 5.39. The van der Waals surface area contributed by atoms with Crippen LogP contribution in [0.25, 0.3) is 0 Å². The van der Waals surface area contributed by atoms with E-state index >= 15 is 0 Å². The molecule has 3 N–H and O–H groups in total. The van der Waals surface area contributed by atoms with Crippen LogP contribution in [0.4, 0.5) is 5.95 Å². The van der Waals surface area contributed by atoms with E-state index in [1.807, 2.05) is 0 Å². The molecule has 3 unspecified atom stereocenters. The first-order valence-electron chi connectivity index (χ1n) is 6.50. The van der Waals surface area contributed by atoms with Crippen molar-refractivity contribution < 1.29 is 0 Å². The van der Waals surface area contributed by atoms with Crippen molar-refractivity contribution in [1.29, 1.82) is 0 Å². The highest BCUT2D eigenvalue weighted by Gasteiger charge is 2.33. The van der Waals surface area contributed by atoms with Gasteiger partial charge in [-0.05, 0) is 31.1 Å². The quantitative estimate of drug-likeness (QED) is 0.764. The first kappa shape index (κ1) is 10.1. The van der Waals surface area contributed by atoms with Crippen LogP contribution in [0.15, 0.2) is 0 Å². The Balaban J connectivity index is 1.70. The highest BCUT2D eigenvalue weighted by Crippen LogP contribution is 2.45. The first-order chi connectivity index (χ1) is 7.83. The lowest BCUT2D eigenvalue weighted by Crippen LogP contribution is -2.27. The van der Waals surface area contributed by atoms with Crippen LogP contribution in [0, 0.1) is 11.8 Å². The normalized spacial score (nSPS) is 34.6. The van der Waals surface area contributed by atoms with E-state index in [0.717, 1.165) is 17.7 Å². The minimum absolute atomic E-state index is 0.390. The molecule has 2 fully saturated rings. The number of aromatic amines is 1. The fourth-order valence-corrected chi connectivity index (χ4v) is 3.59. The number of nitrogens with one attached hydrogen (secondary N) is 1. The van der Waals surface area contributed by atoms with Crippen molar-refractivity contribution >= 4 is 5.95 Å². The molecule has 1 aromatic rings. The van der Waals surface area contributed by atoms with E-state index in [1.165, 1.54) is 44.9 Å². The molecule has 0 spiro atoms. The summed E-state index contributed by atoms with van der Waals surface area (Å²) in [5, 5.41) is 6.92. The lowest BCUT2D eigenvalue weighted by atomic mass is 9.67. The van der Waals surface area contributed by atoms with Crippen LogP contribution in [0.2, 0.25) is 0 Å². The number of nitrogens with zero attached hydrogens (tertiary/aromatic N) is 2. The zero-order valence-corrected chi connectivity index (χ0v) is 9.65. The number of H-pyrrole nitrogens is 1. The lowest BCUT2D eigenvalue weighted by molar-refractivity contribution is 0.153. The van der Waals surface area contributed by atoms with Gasteiger partial charge in [-0.25, -0.2) is 0 Å². The van der Waals surface area contributed by atoms with Crippen molar-refractivity contribution in [3.63, 3.8) is 0 Å². The van der Waals surface area contributed by atoms with Crippen LogP contribution in [-0.2, 0) is 0 Å². The van der Waals surface area contributed by atoms with Crippen LogP contribution in [0.1, 0.15) is 56.7 Å². The number of nitrogen functional groups attached to an aromatic ring is 1. The number of hydrogen-bond donors (Lipinski definition) is 2. The summed E-state index contributed by atoms with van der Waals surface area (Å²) in [5.41, 5.74) is 5.56. The molecule has 0 amide bonds. The summed E-state index contributed by atoms with van der Waals surface area (Å²) >= 11 is 0. The Morgan fingerprint density at radius 1 is 1.06 bits per heavy atom. The maximum absolute atomic E-state index is 5.56. The van der Waals surface area contributed by atoms with Gasteiger partial charge < -0.3 is 5.73 Å². The molecule has 1 aromatic heterocycles. The fourth-order valence-electron chi connectivity index (χ4n) is 3.59. The molecule has 3 rings (SSSR count). The molecule has 2 saturated carbocycles. The summed E-state index contributed by atoms with van der Waals surface area (Å²) in [7, 11) is 0. The van der Waals surface area contributed by atoms with Crippen LogP contribution in [0.3, 0.4) is 0 Å². The smallest absolute Gasteiger partial charge is 0.239 e.